The number of rotatable bonds is 7. The van der Waals surface area contributed by atoms with Crippen molar-refractivity contribution in [2.45, 2.75) is 32.7 Å². The molecule has 18 heavy (non-hydrogen) atoms. The zero-order valence-corrected chi connectivity index (χ0v) is 11.9. The number of aromatic nitrogens is 2. The van der Waals surface area contributed by atoms with E-state index in [2.05, 4.69) is 37.4 Å². The topological polar surface area (TPSA) is 59.3 Å². The lowest BCUT2D eigenvalue weighted by molar-refractivity contribution is 0.0938. The van der Waals surface area contributed by atoms with E-state index < -0.39 is 0 Å². The maximum absolute atomic E-state index is 8.57. The molecule has 0 radical (unpaired) electrons. The lowest BCUT2D eigenvalue weighted by atomic mass is 9.89. The standard InChI is InChI=1S/C13H25N3O2/c1-13(2,3)12-11(10-16(4)15-12)9-14-5-7-18-8-6-17/h10,14,17H,5-9H2,1-4H3. The largest absolute Gasteiger partial charge is 0.394 e. The van der Waals surface area contributed by atoms with E-state index in [1.54, 1.807) is 0 Å². The molecule has 1 aromatic heterocycles. The third kappa shape index (κ3) is 4.76. The van der Waals surface area contributed by atoms with E-state index in [0.29, 0.717) is 13.2 Å². The van der Waals surface area contributed by atoms with Gasteiger partial charge in [0.15, 0.2) is 0 Å². The van der Waals surface area contributed by atoms with Crippen molar-refractivity contribution in [1.29, 1.82) is 0 Å². The minimum atomic E-state index is 0.0612. The molecule has 0 saturated heterocycles. The smallest absolute Gasteiger partial charge is 0.0722 e. The molecule has 0 aliphatic rings. The minimum Gasteiger partial charge on any atom is -0.394 e. The fourth-order valence-electron chi connectivity index (χ4n) is 1.83. The number of nitrogens with zero attached hydrogens (tertiary/aromatic N) is 2. The Morgan fingerprint density at radius 3 is 2.72 bits per heavy atom. The molecule has 0 bridgehead atoms. The summed E-state index contributed by atoms with van der Waals surface area (Å²) in [6.45, 7) is 9.18. The maximum atomic E-state index is 8.57. The van der Waals surface area contributed by atoms with Gasteiger partial charge in [-0.05, 0) is 0 Å². The second-order valence-corrected chi connectivity index (χ2v) is 5.44. The summed E-state index contributed by atoms with van der Waals surface area (Å²) in [5.74, 6) is 0. The Labute approximate surface area is 109 Å². The Morgan fingerprint density at radius 1 is 1.39 bits per heavy atom. The van der Waals surface area contributed by atoms with Crippen molar-refractivity contribution in [3.8, 4) is 0 Å². The number of aryl methyl sites for hydroxylation is 1. The van der Waals surface area contributed by atoms with E-state index in [4.69, 9.17) is 9.84 Å². The van der Waals surface area contributed by atoms with Crippen molar-refractivity contribution >= 4 is 0 Å². The van der Waals surface area contributed by atoms with Gasteiger partial charge in [-0.15, -0.1) is 0 Å². The summed E-state index contributed by atoms with van der Waals surface area (Å²) in [5.41, 5.74) is 2.42. The Morgan fingerprint density at radius 2 is 2.11 bits per heavy atom. The first-order valence-electron chi connectivity index (χ1n) is 6.37. The molecule has 2 N–H and O–H groups in total. The molecule has 1 rings (SSSR count). The second kappa shape index (κ2) is 6.87. The molecule has 0 unspecified atom stereocenters. The number of ether oxygens (including phenoxy) is 1. The van der Waals surface area contributed by atoms with E-state index in [9.17, 15) is 0 Å². The van der Waals surface area contributed by atoms with Crippen LogP contribution in [0.3, 0.4) is 0 Å². The van der Waals surface area contributed by atoms with Gasteiger partial charge in [-0.3, -0.25) is 4.68 Å². The van der Waals surface area contributed by atoms with Gasteiger partial charge < -0.3 is 15.2 Å². The summed E-state index contributed by atoms with van der Waals surface area (Å²) >= 11 is 0. The SMILES string of the molecule is Cn1cc(CNCCOCCO)c(C(C)(C)C)n1. The highest BCUT2D eigenvalue weighted by molar-refractivity contribution is 5.23. The van der Waals surface area contributed by atoms with Gasteiger partial charge in [-0.1, -0.05) is 20.8 Å². The molecule has 0 aliphatic carbocycles. The average molecular weight is 255 g/mol. The van der Waals surface area contributed by atoms with Gasteiger partial charge in [-0.25, -0.2) is 0 Å². The molecule has 1 heterocycles. The highest BCUT2D eigenvalue weighted by Gasteiger charge is 2.21. The molecular formula is C13H25N3O2. The van der Waals surface area contributed by atoms with Gasteiger partial charge in [0, 0.05) is 37.3 Å². The Hall–Kier alpha value is -0.910. The number of aliphatic hydroxyl groups is 1. The maximum Gasteiger partial charge on any atom is 0.0722 e. The third-order valence-electron chi connectivity index (χ3n) is 2.59. The molecular weight excluding hydrogens is 230 g/mol. The fraction of sp³-hybridized carbons (Fsp3) is 0.769. The summed E-state index contributed by atoms with van der Waals surface area (Å²) in [7, 11) is 1.95. The van der Waals surface area contributed by atoms with E-state index in [0.717, 1.165) is 18.8 Å². The minimum absolute atomic E-state index is 0.0612. The van der Waals surface area contributed by atoms with Crippen molar-refractivity contribution < 1.29 is 9.84 Å². The fourth-order valence-corrected chi connectivity index (χ4v) is 1.83. The first kappa shape index (κ1) is 15.1. The molecule has 104 valence electrons. The predicted octanol–water partition coefficient (Wildman–Crippen LogP) is 0.816. The normalized spacial score (nSPS) is 12.1. The van der Waals surface area contributed by atoms with Crippen molar-refractivity contribution in [3.05, 3.63) is 17.5 Å². The number of aliphatic hydroxyl groups excluding tert-OH is 1. The molecule has 5 heteroatoms. The lowest BCUT2D eigenvalue weighted by Gasteiger charge is -2.17. The Bertz CT molecular complexity index is 356. The molecule has 5 nitrogen and oxygen atoms in total. The third-order valence-corrected chi connectivity index (χ3v) is 2.59. The Balaban J connectivity index is 2.42. The molecule has 0 spiro atoms. The zero-order valence-electron chi connectivity index (χ0n) is 11.9. The van der Waals surface area contributed by atoms with Crippen LogP contribution in [0, 0.1) is 0 Å². The van der Waals surface area contributed by atoms with Gasteiger partial charge in [-0.2, -0.15) is 5.10 Å². The van der Waals surface area contributed by atoms with Crippen LogP contribution in [0.1, 0.15) is 32.0 Å². The molecule has 0 fully saturated rings. The zero-order chi connectivity index (χ0) is 13.6. The van der Waals surface area contributed by atoms with E-state index in [-0.39, 0.29) is 12.0 Å². The van der Waals surface area contributed by atoms with E-state index in [1.807, 2.05) is 11.7 Å². The summed E-state index contributed by atoms with van der Waals surface area (Å²) in [5, 5.41) is 16.4. The predicted molar refractivity (Wildman–Crippen MR) is 71.5 cm³/mol. The summed E-state index contributed by atoms with van der Waals surface area (Å²) in [6.07, 6.45) is 2.06. The van der Waals surface area contributed by atoms with Crippen LogP contribution in [-0.2, 0) is 23.7 Å². The Kier molecular flexibility index (Phi) is 5.78. The lowest BCUT2D eigenvalue weighted by Crippen LogP contribution is -2.22. The highest BCUT2D eigenvalue weighted by atomic mass is 16.5. The van der Waals surface area contributed by atoms with Crippen LogP contribution in [0.4, 0.5) is 0 Å². The molecule has 0 atom stereocenters. The number of hydrogen-bond donors (Lipinski definition) is 2. The quantitative estimate of drug-likeness (QED) is 0.708. The van der Waals surface area contributed by atoms with Crippen LogP contribution in [-0.4, -0.2) is 41.3 Å². The molecule has 0 aromatic carbocycles. The highest BCUT2D eigenvalue weighted by Crippen LogP contribution is 2.23. The van der Waals surface area contributed by atoms with Gasteiger partial charge in [0.05, 0.1) is 25.5 Å². The van der Waals surface area contributed by atoms with Crippen LogP contribution in [0.15, 0.2) is 6.20 Å². The second-order valence-electron chi connectivity index (χ2n) is 5.44. The van der Waals surface area contributed by atoms with Crippen LogP contribution in [0.5, 0.6) is 0 Å². The summed E-state index contributed by atoms with van der Waals surface area (Å²) in [6, 6.07) is 0. The molecule has 0 aliphatic heterocycles. The first-order valence-corrected chi connectivity index (χ1v) is 6.37. The van der Waals surface area contributed by atoms with Gasteiger partial charge in [0.1, 0.15) is 0 Å². The first-order chi connectivity index (χ1) is 8.45. The number of nitrogens with one attached hydrogen (secondary N) is 1. The molecule has 1 aromatic rings. The molecule has 0 saturated carbocycles. The van der Waals surface area contributed by atoms with Crippen LogP contribution in [0.2, 0.25) is 0 Å². The number of hydrogen-bond acceptors (Lipinski definition) is 4. The summed E-state index contributed by atoms with van der Waals surface area (Å²) in [4.78, 5) is 0. The van der Waals surface area contributed by atoms with Crippen LogP contribution >= 0.6 is 0 Å². The van der Waals surface area contributed by atoms with Gasteiger partial charge in [0.25, 0.3) is 0 Å². The monoisotopic (exact) mass is 255 g/mol. The van der Waals surface area contributed by atoms with Crippen molar-refractivity contribution in [1.82, 2.24) is 15.1 Å². The van der Waals surface area contributed by atoms with Crippen LogP contribution < -0.4 is 5.32 Å². The van der Waals surface area contributed by atoms with Gasteiger partial charge in [0.2, 0.25) is 0 Å². The van der Waals surface area contributed by atoms with Crippen LogP contribution in [0.25, 0.3) is 0 Å². The van der Waals surface area contributed by atoms with Gasteiger partial charge >= 0.3 is 0 Å². The van der Waals surface area contributed by atoms with Crippen molar-refractivity contribution in [2.75, 3.05) is 26.4 Å². The summed E-state index contributed by atoms with van der Waals surface area (Å²) < 4.78 is 7.05. The average Bonchev–Trinajstić information content (AvgIpc) is 2.64. The van der Waals surface area contributed by atoms with Crippen molar-refractivity contribution in [3.63, 3.8) is 0 Å². The van der Waals surface area contributed by atoms with E-state index in [1.165, 1.54) is 5.56 Å². The van der Waals surface area contributed by atoms with Crippen molar-refractivity contribution in [2.24, 2.45) is 7.05 Å². The van der Waals surface area contributed by atoms with E-state index >= 15 is 0 Å². The molecule has 0 amide bonds.